The predicted octanol–water partition coefficient (Wildman–Crippen LogP) is 5.11. The Bertz CT molecular complexity index is 881. The smallest absolute Gasteiger partial charge is 0.121 e. The number of hydrogen-bond acceptors (Lipinski definition) is 1. The van der Waals surface area contributed by atoms with Crippen molar-refractivity contribution in [2.45, 2.75) is 30.5 Å². The lowest BCUT2D eigenvalue weighted by Crippen LogP contribution is -2.90. The van der Waals surface area contributed by atoms with Crippen LogP contribution in [0, 0.1) is 0 Å². The average molecular weight is 488 g/mol. The van der Waals surface area contributed by atoms with Gasteiger partial charge in [0, 0.05) is 26.5 Å². The molecule has 4 atom stereocenters. The summed E-state index contributed by atoms with van der Waals surface area (Å²) in [6.45, 7) is 0. The highest BCUT2D eigenvalue weighted by Crippen LogP contribution is 2.38. The number of quaternary nitrogens is 1. The zero-order chi connectivity index (χ0) is 18.8. The molecular weight excluding hydrogens is 466 g/mol. The molecule has 0 spiro atoms. The van der Waals surface area contributed by atoms with Crippen LogP contribution >= 0.6 is 31.9 Å². The lowest BCUT2D eigenvalue weighted by molar-refractivity contribution is -0.749. The Labute approximate surface area is 176 Å². The lowest BCUT2D eigenvalue weighted by atomic mass is 9.76. The average Bonchev–Trinajstić information content (AvgIpc) is 2.69. The van der Waals surface area contributed by atoms with E-state index in [0.717, 1.165) is 15.4 Å². The molecule has 4 heteroatoms. The highest BCUT2D eigenvalue weighted by molar-refractivity contribution is 9.10. The molecule has 1 fully saturated rings. The highest BCUT2D eigenvalue weighted by Gasteiger charge is 2.42. The zero-order valence-electron chi connectivity index (χ0n) is 14.8. The van der Waals surface area contributed by atoms with Crippen molar-refractivity contribution in [3.63, 3.8) is 0 Å². The second-order valence-corrected chi connectivity index (χ2v) is 9.00. The van der Waals surface area contributed by atoms with E-state index in [1.807, 2.05) is 6.07 Å². The Morgan fingerprint density at radius 3 is 1.85 bits per heavy atom. The van der Waals surface area contributed by atoms with E-state index >= 15 is 0 Å². The molecule has 0 unspecified atom stereocenters. The first kappa shape index (κ1) is 18.9. The Kier molecular flexibility index (Phi) is 5.79. The molecule has 0 aliphatic carbocycles. The number of halogens is 2. The summed E-state index contributed by atoms with van der Waals surface area (Å²) in [6, 6.07) is 27.8. The van der Waals surface area contributed by atoms with Gasteiger partial charge in [-0.1, -0.05) is 86.5 Å². The van der Waals surface area contributed by atoms with E-state index in [1.165, 1.54) is 16.7 Å². The molecule has 2 nitrogen and oxygen atoms in total. The third-order valence-electron chi connectivity index (χ3n) is 5.47. The van der Waals surface area contributed by atoms with Crippen molar-refractivity contribution in [1.82, 2.24) is 0 Å². The summed E-state index contributed by atoms with van der Waals surface area (Å²) in [5, 5.41) is 13.6. The molecule has 3 aromatic rings. The van der Waals surface area contributed by atoms with Crippen LogP contribution in [0.3, 0.4) is 0 Å². The Morgan fingerprint density at radius 1 is 0.704 bits per heavy atom. The van der Waals surface area contributed by atoms with Gasteiger partial charge in [0.1, 0.15) is 12.1 Å². The van der Waals surface area contributed by atoms with Crippen molar-refractivity contribution in [3.8, 4) is 0 Å². The van der Waals surface area contributed by atoms with Gasteiger partial charge < -0.3 is 10.4 Å². The van der Waals surface area contributed by atoms with Crippen molar-refractivity contribution < 1.29 is 10.4 Å². The van der Waals surface area contributed by atoms with Crippen LogP contribution in [0.1, 0.15) is 41.1 Å². The molecule has 1 heterocycles. The van der Waals surface area contributed by atoms with Crippen LogP contribution in [0.4, 0.5) is 0 Å². The van der Waals surface area contributed by atoms with Crippen molar-refractivity contribution in [2.24, 2.45) is 0 Å². The fourth-order valence-electron chi connectivity index (χ4n) is 4.16. The van der Waals surface area contributed by atoms with Gasteiger partial charge in [0.25, 0.3) is 0 Å². The molecule has 0 aromatic heterocycles. The first-order chi connectivity index (χ1) is 13.1. The minimum atomic E-state index is -0.389. The summed E-state index contributed by atoms with van der Waals surface area (Å²) < 4.78 is 2.15. The molecule has 1 aliphatic heterocycles. The maximum absolute atomic E-state index is 11.2. The molecule has 3 N–H and O–H groups in total. The molecule has 138 valence electrons. The maximum atomic E-state index is 11.2. The minimum Gasteiger partial charge on any atom is -0.392 e. The van der Waals surface area contributed by atoms with Gasteiger partial charge in [0.15, 0.2) is 0 Å². The summed E-state index contributed by atoms with van der Waals surface area (Å²) >= 11 is 7.05. The number of piperidine rings is 1. The first-order valence-electron chi connectivity index (χ1n) is 9.21. The molecule has 0 radical (unpaired) electrons. The molecule has 4 rings (SSSR count). The summed E-state index contributed by atoms with van der Waals surface area (Å²) in [5.41, 5.74) is 3.70. The number of hydrogen-bond donors (Lipinski definition) is 2. The van der Waals surface area contributed by atoms with Gasteiger partial charge in [-0.25, -0.2) is 0 Å². The fourth-order valence-corrected chi connectivity index (χ4v) is 4.69. The van der Waals surface area contributed by atoms with E-state index < -0.39 is 0 Å². The molecule has 0 bridgehead atoms. The lowest BCUT2D eigenvalue weighted by Gasteiger charge is -2.38. The van der Waals surface area contributed by atoms with Crippen molar-refractivity contribution in [2.75, 3.05) is 0 Å². The van der Waals surface area contributed by atoms with Gasteiger partial charge in [-0.3, -0.25) is 0 Å². The van der Waals surface area contributed by atoms with E-state index in [-0.39, 0.29) is 24.1 Å². The van der Waals surface area contributed by atoms with Crippen LogP contribution in [0.2, 0.25) is 0 Å². The summed E-state index contributed by atoms with van der Waals surface area (Å²) in [5.74, 6) is 0.0686. The van der Waals surface area contributed by atoms with Gasteiger partial charge in [0.05, 0.1) is 12.0 Å². The van der Waals surface area contributed by atoms with Crippen LogP contribution in [0.25, 0.3) is 0 Å². The van der Waals surface area contributed by atoms with E-state index in [4.69, 9.17) is 0 Å². The number of benzene rings is 3. The zero-order valence-corrected chi connectivity index (χ0v) is 18.0. The van der Waals surface area contributed by atoms with E-state index in [9.17, 15) is 5.11 Å². The summed E-state index contributed by atoms with van der Waals surface area (Å²) in [4.78, 5) is 0. The van der Waals surface area contributed by atoms with Gasteiger partial charge in [-0.2, -0.15) is 0 Å². The topological polar surface area (TPSA) is 36.8 Å². The molecule has 27 heavy (non-hydrogen) atoms. The van der Waals surface area contributed by atoms with Crippen LogP contribution in [0.5, 0.6) is 0 Å². The Morgan fingerprint density at radius 2 is 1.26 bits per heavy atom. The number of aliphatic hydroxyl groups excluding tert-OH is 1. The highest BCUT2D eigenvalue weighted by atomic mass is 79.9. The SMILES string of the molecule is O[C@@H]1C[C@H](c2ccc(Br)cc2)[NH2+][C@H](c2ccc(Br)cc2)[C@H]1c1ccccc1. The molecule has 0 saturated carbocycles. The quantitative estimate of drug-likeness (QED) is 0.529. The van der Waals surface area contributed by atoms with Gasteiger partial charge in [-0.15, -0.1) is 0 Å². The first-order valence-corrected chi connectivity index (χ1v) is 10.8. The maximum Gasteiger partial charge on any atom is 0.121 e. The van der Waals surface area contributed by atoms with Gasteiger partial charge in [-0.05, 0) is 29.8 Å². The molecular formula is C23H22Br2NO+. The van der Waals surface area contributed by atoms with Gasteiger partial charge in [0.2, 0.25) is 0 Å². The van der Waals surface area contributed by atoms with Gasteiger partial charge >= 0.3 is 0 Å². The van der Waals surface area contributed by atoms with Crippen molar-refractivity contribution in [1.29, 1.82) is 0 Å². The van der Waals surface area contributed by atoms with E-state index in [1.54, 1.807) is 0 Å². The third kappa shape index (κ3) is 4.19. The predicted molar refractivity (Wildman–Crippen MR) is 115 cm³/mol. The van der Waals surface area contributed by atoms with Crippen LogP contribution < -0.4 is 5.32 Å². The van der Waals surface area contributed by atoms with E-state index in [2.05, 4.69) is 110 Å². The minimum absolute atomic E-state index is 0.0686. The largest absolute Gasteiger partial charge is 0.392 e. The standard InChI is InChI=1S/C23H21Br2NO/c24-18-10-6-15(7-11-18)20-14-21(27)22(16-4-2-1-3-5-16)23(26-20)17-8-12-19(25)13-9-17/h1-13,20-23,26-27H,14H2/p+1/t20-,21-,22+,23-/m1/s1. The number of nitrogens with two attached hydrogens (primary N) is 1. The van der Waals surface area contributed by atoms with E-state index in [0.29, 0.717) is 0 Å². The van der Waals surface area contributed by atoms with Crippen LogP contribution in [-0.2, 0) is 0 Å². The third-order valence-corrected chi connectivity index (χ3v) is 6.53. The monoisotopic (exact) mass is 486 g/mol. The Balaban J connectivity index is 1.71. The van der Waals surface area contributed by atoms with Crippen molar-refractivity contribution >= 4 is 31.9 Å². The normalized spacial score (nSPS) is 25.3. The summed E-state index contributed by atoms with van der Waals surface area (Å²) in [6.07, 6.45) is 0.355. The fraction of sp³-hybridized carbons (Fsp3) is 0.217. The molecule has 1 aliphatic rings. The number of aliphatic hydroxyl groups is 1. The molecule has 0 amide bonds. The molecule has 3 aromatic carbocycles. The second kappa shape index (κ2) is 8.27. The number of rotatable bonds is 3. The van der Waals surface area contributed by atoms with Crippen molar-refractivity contribution in [3.05, 3.63) is 104 Å². The Hall–Kier alpha value is -1.46. The molecule has 1 saturated heterocycles. The summed E-state index contributed by atoms with van der Waals surface area (Å²) in [7, 11) is 0. The second-order valence-electron chi connectivity index (χ2n) is 7.17. The van der Waals surface area contributed by atoms with Crippen LogP contribution in [0.15, 0.2) is 87.8 Å². The van der Waals surface area contributed by atoms with Crippen LogP contribution in [-0.4, -0.2) is 11.2 Å².